The van der Waals surface area contributed by atoms with Gasteiger partial charge in [0, 0.05) is 18.2 Å². The maximum Gasteiger partial charge on any atom is 0.314 e. The summed E-state index contributed by atoms with van der Waals surface area (Å²) in [5, 5.41) is 2.71. The number of fused-ring (bicyclic) bond motifs is 1. The highest BCUT2D eigenvalue weighted by Gasteiger charge is 2.06. The topological polar surface area (TPSA) is 121 Å². The van der Waals surface area contributed by atoms with Crippen LogP contribution < -0.4 is 22.2 Å². The molecule has 0 saturated heterocycles. The number of benzene rings is 1. The van der Waals surface area contributed by atoms with Gasteiger partial charge < -0.3 is 21.0 Å². The third kappa shape index (κ3) is 3.33. The van der Waals surface area contributed by atoms with Gasteiger partial charge in [-0.25, -0.2) is 0 Å². The van der Waals surface area contributed by atoms with Gasteiger partial charge in [-0.1, -0.05) is 0 Å². The maximum atomic E-state index is 11.7. The van der Waals surface area contributed by atoms with Crippen molar-refractivity contribution in [2.75, 3.05) is 5.32 Å². The molecule has 0 aliphatic heterocycles. The SMILES string of the molecule is CC(N)CCC(=O)Nc1ccc2[nH]c(=O)c(=O)[nH]c2c1. The lowest BCUT2D eigenvalue weighted by molar-refractivity contribution is -0.116. The average molecular weight is 276 g/mol. The van der Waals surface area contributed by atoms with Crippen molar-refractivity contribution in [1.29, 1.82) is 0 Å². The summed E-state index contributed by atoms with van der Waals surface area (Å²) < 4.78 is 0. The summed E-state index contributed by atoms with van der Waals surface area (Å²) in [7, 11) is 0. The van der Waals surface area contributed by atoms with Gasteiger partial charge in [0.25, 0.3) is 0 Å². The highest BCUT2D eigenvalue weighted by molar-refractivity contribution is 5.92. The highest BCUT2D eigenvalue weighted by atomic mass is 16.2. The second-order valence-electron chi connectivity index (χ2n) is 4.73. The van der Waals surface area contributed by atoms with Gasteiger partial charge in [0.15, 0.2) is 0 Å². The molecule has 2 rings (SSSR count). The Morgan fingerprint density at radius 3 is 2.55 bits per heavy atom. The molecule has 1 aromatic carbocycles. The fourth-order valence-electron chi connectivity index (χ4n) is 1.77. The van der Waals surface area contributed by atoms with Gasteiger partial charge in [-0.15, -0.1) is 0 Å². The van der Waals surface area contributed by atoms with E-state index in [9.17, 15) is 14.4 Å². The second kappa shape index (κ2) is 5.70. The van der Waals surface area contributed by atoms with E-state index in [2.05, 4.69) is 15.3 Å². The number of nitrogens with two attached hydrogens (primary N) is 1. The molecule has 0 aliphatic rings. The van der Waals surface area contributed by atoms with Crippen LogP contribution in [0.5, 0.6) is 0 Å². The van der Waals surface area contributed by atoms with Crippen LogP contribution in [0.25, 0.3) is 11.0 Å². The number of anilines is 1. The van der Waals surface area contributed by atoms with E-state index in [0.29, 0.717) is 29.6 Å². The summed E-state index contributed by atoms with van der Waals surface area (Å²) in [6, 6.07) is 4.84. The molecule has 1 aromatic heterocycles. The third-order valence-corrected chi connectivity index (χ3v) is 2.83. The first-order valence-corrected chi connectivity index (χ1v) is 6.27. The first-order valence-electron chi connectivity index (χ1n) is 6.27. The molecule has 1 atom stereocenters. The summed E-state index contributed by atoms with van der Waals surface area (Å²) in [4.78, 5) is 39.0. The molecule has 0 bridgehead atoms. The predicted octanol–water partition coefficient (Wildman–Crippen LogP) is 0.282. The molecule has 5 N–H and O–H groups in total. The fraction of sp³-hybridized carbons (Fsp3) is 0.308. The molecule has 0 aliphatic carbocycles. The molecule has 1 unspecified atom stereocenters. The van der Waals surface area contributed by atoms with Crippen molar-refractivity contribution in [2.24, 2.45) is 5.73 Å². The standard InChI is InChI=1S/C13H16N4O3/c1-7(14)2-5-11(18)15-8-3-4-9-10(6-8)17-13(20)12(19)16-9/h3-4,6-7H,2,5,14H2,1H3,(H,15,18)(H,16,19)(H,17,20). The van der Waals surface area contributed by atoms with Crippen LogP contribution in [0.1, 0.15) is 19.8 Å². The molecule has 0 spiro atoms. The number of aromatic nitrogens is 2. The minimum absolute atomic E-state index is 0.0289. The number of carbonyl (C=O) groups excluding carboxylic acids is 1. The molecule has 20 heavy (non-hydrogen) atoms. The van der Waals surface area contributed by atoms with Crippen LogP contribution in [0, 0.1) is 0 Å². The first-order chi connectivity index (χ1) is 9.45. The van der Waals surface area contributed by atoms with Crippen LogP contribution in [-0.2, 0) is 4.79 Å². The summed E-state index contributed by atoms with van der Waals surface area (Å²) in [5.41, 5.74) is 5.67. The van der Waals surface area contributed by atoms with Crippen molar-refractivity contribution in [3.8, 4) is 0 Å². The molecular weight excluding hydrogens is 260 g/mol. The Kier molecular flexibility index (Phi) is 3.99. The Hall–Kier alpha value is -2.41. The van der Waals surface area contributed by atoms with Crippen LogP contribution in [0.2, 0.25) is 0 Å². The summed E-state index contributed by atoms with van der Waals surface area (Å²) in [6.45, 7) is 1.84. The molecular formula is C13H16N4O3. The Morgan fingerprint density at radius 1 is 1.25 bits per heavy atom. The van der Waals surface area contributed by atoms with Gasteiger partial charge >= 0.3 is 11.1 Å². The average Bonchev–Trinajstić information content (AvgIpc) is 2.38. The van der Waals surface area contributed by atoms with Crippen LogP contribution in [-0.4, -0.2) is 21.9 Å². The molecule has 1 heterocycles. The fourth-order valence-corrected chi connectivity index (χ4v) is 1.77. The van der Waals surface area contributed by atoms with E-state index in [1.54, 1.807) is 18.2 Å². The van der Waals surface area contributed by atoms with E-state index in [0.717, 1.165) is 0 Å². The van der Waals surface area contributed by atoms with Gasteiger partial charge in [-0.3, -0.25) is 14.4 Å². The number of aromatic amines is 2. The van der Waals surface area contributed by atoms with Crippen LogP contribution >= 0.6 is 0 Å². The van der Waals surface area contributed by atoms with Crippen LogP contribution in [0.3, 0.4) is 0 Å². The van der Waals surface area contributed by atoms with Crippen molar-refractivity contribution in [3.05, 3.63) is 38.9 Å². The minimum Gasteiger partial charge on any atom is -0.328 e. The number of nitrogens with one attached hydrogen (secondary N) is 3. The minimum atomic E-state index is -0.724. The molecule has 7 heteroatoms. The van der Waals surface area contributed by atoms with Gasteiger partial charge in [-0.2, -0.15) is 0 Å². The molecule has 2 aromatic rings. The maximum absolute atomic E-state index is 11.7. The zero-order valence-corrected chi connectivity index (χ0v) is 11.0. The number of carbonyl (C=O) groups is 1. The smallest absolute Gasteiger partial charge is 0.314 e. The zero-order valence-electron chi connectivity index (χ0n) is 11.0. The highest BCUT2D eigenvalue weighted by Crippen LogP contribution is 2.14. The first kappa shape index (κ1) is 14.0. The largest absolute Gasteiger partial charge is 0.328 e. The molecule has 0 fully saturated rings. The van der Waals surface area contributed by atoms with Crippen molar-refractivity contribution < 1.29 is 4.79 Å². The lowest BCUT2D eigenvalue weighted by Gasteiger charge is -2.07. The molecule has 1 amide bonds. The van der Waals surface area contributed by atoms with Crippen molar-refractivity contribution in [3.63, 3.8) is 0 Å². The quantitative estimate of drug-likeness (QED) is 0.599. The predicted molar refractivity (Wildman–Crippen MR) is 76.7 cm³/mol. The third-order valence-electron chi connectivity index (χ3n) is 2.83. The van der Waals surface area contributed by atoms with Gasteiger partial charge in [-0.05, 0) is 31.5 Å². The lowest BCUT2D eigenvalue weighted by atomic mass is 10.2. The van der Waals surface area contributed by atoms with Gasteiger partial charge in [0.2, 0.25) is 5.91 Å². The van der Waals surface area contributed by atoms with Crippen molar-refractivity contribution in [1.82, 2.24) is 9.97 Å². The number of amides is 1. The van der Waals surface area contributed by atoms with Crippen molar-refractivity contribution in [2.45, 2.75) is 25.8 Å². The van der Waals surface area contributed by atoms with E-state index < -0.39 is 11.1 Å². The number of hydrogen-bond acceptors (Lipinski definition) is 4. The monoisotopic (exact) mass is 276 g/mol. The summed E-state index contributed by atoms with van der Waals surface area (Å²) >= 11 is 0. The number of rotatable bonds is 4. The summed E-state index contributed by atoms with van der Waals surface area (Å²) in [5.74, 6) is -0.145. The molecule has 7 nitrogen and oxygen atoms in total. The Morgan fingerprint density at radius 2 is 1.90 bits per heavy atom. The molecule has 0 radical (unpaired) electrons. The molecule has 0 saturated carbocycles. The van der Waals surface area contributed by atoms with E-state index in [-0.39, 0.29) is 11.9 Å². The zero-order chi connectivity index (χ0) is 14.7. The second-order valence-corrected chi connectivity index (χ2v) is 4.73. The van der Waals surface area contributed by atoms with E-state index >= 15 is 0 Å². The Labute approximate surface area is 114 Å². The molecule has 106 valence electrons. The summed E-state index contributed by atoms with van der Waals surface area (Å²) in [6.07, 6.45) is 0.932. The Balaban J connectivity index is 2.19. The van der Waals surface area contributed by atoms with Crippen molar-refractivity contribution >= 4 is 22.6 Å². The lowest BCUT2D eigenvalue weighted by Crippen LogP contribution is -2.28. The van der Waals surface area contributed by atoms with E-state index in [1.165, 1.54) is 0 Å². The van der Waals surface area contributed by atoms with Gasteiger partial charge in [0.1, 0.15) is 0 Å². The van der Waals surface area contributed by atoms with E-state index in [4.69, 9.17) is 5.73 Å². The van der Waals surface area contributed by atoms with Crippen LogP contribution in [0.4, 0.5) is 5.69 Å². The normalized spacial score (nSPS) is 12.3. The van der Waals surface area contributed by atoms with E-state index in [1.807, 2.05) is 6.92 Å². The number of H-pyrrole nitrogens is 2. The van der Waals surface area contributed by atoms with Gasteiger partial charge in [0.05, 0.1) is 11.0 Å². The number of hydrogen-bond donors (Lipinski definition) is 4. The van der Waals surface area contributed by atoms with Crippen LogP contribution in [0.15, 0.2) is 27.8 Å². The Bertz CT molecular complexity index is 745.